The number of rotatable bonds is 6. The Labute approximate surface area is 161 Å². The van der Waals surface area contributed by atoms with Gasteiger partial charge in [-0.1, -0.05) is 26.0 Å². The molecule has 1 aliphatic carbocycles. The molecule has 0 aromatic heterocycles. The number of ether oxygens (including phenoxy) is 2. The molecule has 144 valence electrons. The van der Waals surface area contributed by atoms with E-state index in [0.717, 1.165) is 34.6 Å². The molecule has 0 saturated carbocycles. The van der Waals surface area contributed by atoms with Gasteiger partial charge in [0.25, 0.3) is 0 Å². The number of ketones is 1. The standard InChI is InChI=1S/C23H28O4/c1-5-6-7-8-17-11-19-21(25)18-10-9-16(26-14-15(2)13-24)12-20(18)23(3,4)22(19)27-17/h6-10,12,15,24H,5,11,13-14H2,1-4H3/b7-6-,17-8+. The molecular weight excluding hydrogens is 340 g/mol. The Balaban J connectivity index is 1.90. The molecule has 0 spiro atoms. The van der Waals surface area contributed by atoms with Crippen LogP contribution in [0.2, 0.25) is 0 Å². The third kappa shape index (κ3) is 3.72. The van der Waals surface area contributed by atoms with Gasteiger partial charge in [0.1, 0.15) is 17.3 Å². The monoisotopic (exact) mass is 368 g/mol. The number of hydrogen-bond acceptors (Lipinski definition) is 4. The van der Waals surface area contributed by atoms with Crippen LogP contribution in [0, 0.1) is 5.92 Å². The molecule has 1 heterocycles. The summed E-state index contributed by atoms with van der Waals surface area (Å²) in [4.78, 5) is 13.0. The van der Waals surface area contributed by atoms with Crippen LogP contribution in [0.4, 0.5) is 0 Å². The molecule has 4 nitrogen and oxygen atoms in total. The Bertz CT molecular complexity index is 827. The molecule has 2 aliphatic rings. The number of aliphatic hydroxyl groups excluding tert-OH is 1. The van der Waals surface area contributed by atoms with Gasteiger partial charge in [-0.15, -0.1) is 0 Å². The van der Waals surface area contributed by atoms with E-state index in [1.54, 1.807) is 0 Å². The van der Waals surface area contributed by atoms with Gasteiger partial charge in [-0.3, -0.25) is 4.79 Å². The second kappa shape index (κ2) is 7.73. The van der Waals surface area contributed by atoms with Gasteiger partial charge in [0.05, 0.1) is 6.61 Å². The van der Waals surface area contributed by atoms with E-state index in [0.29, 0.717) is 18.8 Å². The molecule has 0 fully saturated rings. The quantitative estimate of drug-likeness (QED) is 0.791. The van der Waals surface area contributed by atoms with Crippen molar-refractivity contribution in [3.8, 4) is 5.75 Å². The van der Waals surface area contributed by atoms with E-state index in [1.807, 2.05) is 37.3 Å². The molecule has 1 aromatic carbocycles. The lowest BCUT2D eigenvalue weighted by Crippen LogP contribution is -2.30. The van der Waals surface area contributed by atoms with Crippen LogP contribution < -0.4 is 4.74 Å². The zero-order chi connectivity index (χ0) is 19.6. The fraction of sp³-hybridized carbons (Fsp3) is 0.435. The fourth-order valence-electron chi connectivity index (χ4n) is 3.48. The lowest BCUT2D eigenvalue weighted by molar-refractivity contribution is 0.102. The van der Waals surface area contributed by atoms with E-state index in [2.05, 4.69) is 26.8 Å². The summed E-state index contributed by atoms with van der Waals surface area (Å²) in [5, 5.41) is 9.17. The lowest BCUT2D eigenvalue weighted by atomic mass is 9.72. The summed E-state index contributed by atoms with van der Waals surface area (Å²) < 4.78 is 11.9. The number of fused-ring (bicyclic) bond motifs is 1. The molecule has 0 radical (unpaired) electrons. The topological polar surface area (TPSA) is 55.8 Å². The van der Waals surface area contributed by atoms with Gasteiger partial charge in [0.2, 0.25) is 0 Å². The van der Waals surface area contributed by atoms with Crippen molar-refractivity contribution >= 4 is 5.78 Å². The molecule has 4 heteroatoms. The summed E-state index contributed by atoms with van der Waals surface area (Å²) in [6.07, 6.45) is 7.49. The first kappa shape index (κ1) is 19.4. The number of allylic oxidation sites excluding steroid dienone is 5. The van der Waals surface area contributed by atoms with Crippen LogP contribution in [-0.2, 0) is 10.2 Å². The largest absolute Gasteiger partial charge is 0.493 e. The van der Waals surface area contributed by atoms with Crippen LogP contribution in [0.15, 0.2) is 53.5 Å². The summed E-state index contributed by atoms with van der Waals surface area (Å²) in [6, 6.07) is 5.61. The van der Waals surface area contributed by atoms with E-state index in [9.17, 15) is 9.90 Å². The van der Waals surface area contributed by atoms with Gasteiger partial charge in [-0.2, -0.15) is 0 Å². The molecule has 1 N–H and O–H groups in total. The highest BCUT2D eigenvalue weighted by Gasteiger charge is 2.44. The van der Waals surface area contributed by atoms with Crippen molar-refractivity contribution in [3.63, 3.8) is 0 Å². The van der Waals surface area contributed by atoms with Crippen molar-refractivity contribution in [1.29, 1.82) is 0 Å². The Morgan fingerprint density at radius 1 is 1.37 bits per heavy atom. The minimum atomic E-state index is -0.412. The van der Waals surface area contributed by atoms with E-state index in [-0.39, 0.29) is 18.3 Å². The minimum absolute atomic E-state index is 0.0393. The van der Waals surface area contributed by atoms with E-state index in [4.69, 9.17) is 9.47 Å². The van der Waals surface area contributed by atoms with Gasteiger partial charge in [0, 0.05) is 35.5 Å². The maximum atomic E-state index is 13.0. The highest BCUT2D eigenvalue weighted by atomic mass is 16.5. The number of aliphatic hydroxyl groups is 1. The zero-order valence-electron chi connectivity index (χ0n) is 16.5. The predicted molar refractivity (Wildman–Crippen MR) is 106 cm³/mol. The summed E-state index contributed by atoms with van der Waals surface area (Å²) >= 11 is 0. The lowest BCUT2D eigenvalue weighted by Gasteiger charge is -2.32. The molecular formula is C23H28O4. The number of carbonyl (C=O) groups excluding carboxylic acids is 1. The molecule has 0 amide bonds. The molecule has 0 bridgehead atoms. The Morgan fingerprint density at radius 2 is 2.15 bits per heavy atom. The van der Waals surface area contributed by atoms with Crippen LogP contribution in [0.3, 0.4) is 0 Å². The minimum Gasteiger partial charge on any atom is -0.493 e. The average molecular weight is 368 g/mol. The molecule has 0 saturated heterocycles. The fourth-order valence-corrected chi connectivity index (χ4v) is 3.48. The maximum Gasteiger partial charge on any atom is 0.193 e. The van der Waals surface area contributed by atoms with Crippen molar-refractivity contribution in [1.82, 2.24) is 0 Å². The predicted octanol–water partition coefficient (Wildman–Crippen LogP) is 4.69. The highest BCUT2D eigenvalue weighted by Crippen LogP contribution is 2.48. The van der Waals surface area contributed by atoms with Gasteiger partial charge < -0.3 is 14.6 Å². The summed E-state index contributed by atoms with van der Waals surface area (Å²) in [5.74, 6) is 2.37. The van der Waals surface area contributed by atoms with Crippen molar-refractivity contribution in [2.75, 3.05) is 13.2 Å². The second-order valence-electron chi connectivity index (χ2n) is 7.82. The van der Waals surface area contributed by atoms with Crippen LogP contribution in [0.5, 0.6) is 5.75 Å². The van der Waals surface area contributed by atoms with Gasteiger partial charge in [-0.05, 0) is 50.1 Å². The molecule has 1 unspecified atom stereocenters. The van der Waals surface area contributed by atoms with Crippen molar-refractivity contribution < 1.29 is 19.4 Å². The van der Waals surface area contributed by atoms with Gasteiger partial charge in [0.15, 0.2) is 5.78 Å². The molecule has 1 aromatic rings. The maximum absolute atomic E-state index is 13.0. The van der Waals surface area contributed by atoms with Crippen LogP contribution >= 0.6 is 0 Å². The summed E-state index contributed by atoms with van der Waals surface area (Å²) in [5.41, 5.74) is 1.98. The van der Waals surface area contributed by atoms with Crippen molar-refractivity contribution in [3.05, 3.63) is 64.6 Å². The number of carbonyl (C=O) groups is 1. The number of hydrogen-bond donors (Lipinski definition) is 1. The van der Waals surface area contributed by atoms with Gasteiger partial charge in [-0.25, -0.2) is 0 Å². The van der Waals surface area contributed by atoms with E-state index >= 15 is 0 Å². The van der Waals surface area contributed by atoms with Crippen LogP contribution in [0.25, 0.3) is 0 Å². The Kier molecular flexibility index (Phi) is 5.56. The first-order valence-electron chi connectivity index (χ1n) is 9.58. The highest BCUT2D eigenvalue weighted by molar-refractivity contribution is 6.12. The third-order valence-corrected chi connectivity index (χ3v) is 5.11. The first-order valence-corrected chi connectivity index (χ1v) is 9.58. The van der Waals surface area contributed by atoms with Crippen LogP contribution in [0.1, 0.15) is 56.5 Å². The van der Waals surface area contributed by atoms with Crippen LogP contribution in [-0.4, -0.2) is 24.1 Å². The molecule has 1 aliphatic heterocycles. The van der Waals surface area contributed by atoms with E-state index < -0.39 is 5.41 Å². The first-order chi connectivity index (χ1) is 12.9. The average Bonchev–Trinajstić information content (AvgIpc) is 3.10. The SMILES string of the molecule is CC/C=C\C=C1/CC2=C(O1)C(C)(C)c1cc(OCC(C)CO)ccc1C2=O. The van der Waals surface area contributed by atoms with Gasteiger partial charge >= 0.3 is 0 Å². The molecule has 3 rings (SSSR count). The Morgan fingerprint density at radius 3 is 2.85 bits per heavy atom. The third-order valence-electron chi connectivity index (χ3n) is 5.11. The Hall–Kier alpha value is -2.33. The number of Topliss-reactive ketones (excluding diaryl/α,β-unsaturated/α-hetero) is 1. The zero-order valence-corrected chi connectivity index (χ0v) is 16.5. The molecule has 1 atom stereocenters. The normalized spacial score (nSPS) is 20.6. The summed E-state index contributed by atoms with van der Waals surface area (Å²) in [6.45, 7) is 8.69. The molecule has 27 heavy (non-hydrogen) atoms. The van der Waals surface area contributed by atoms with Crippen molar-refractivity contribution in [2.24, 2.45) is 5.92 Å². The van der Waals surface area contributed by atoms with E-state index in [1.165, 1.54) is 0 Å². The summed E-state index contributed by atoms with van der Waals surface area (Å²) in [7, 11) is 0. The smallest absolute Gasteiger partial charge is 0.193 e. The second-order valence-corrected chi connectivity index (χ2v) is 7.82. The van der Waals surface area contributed by atoms with Crippen molar-refractivity contribution in [2.45, 2.75) is 46.0 Å². The number of benzene rings is 1.